The van der Waals surface area contributed by atoms with E-state index in [1.807, 2.05) is 18.7 Å². The topological polar surface area (TPSA) is 114 Å². The number of hydrogen-bond donors (Lipinski definition) is 1. The number of hydrogen-bond acceptors (Lipinski definition) is 7. The van der Waals surface area contributed by atoms with Gasteiger partial charge >= 0.3 is 0 Å². The molecule has 0 aromatic carbocycles. The fourth-order valence-electron chi connectivity index (χ4n) is 4.62. The molecule has 2 amide bonds. The van der Waals surface area contributed by atoms with Crippen LogP contribution in [0.5, 0.6) is 0 Å². The summed E-state index contributed by atoms with van der Waals surface area (Å²) in [6.45, 7) is 8.49. The second-order valence-electron chi connectivity index (χ2n) is 8.25. The molecule has 1 N–H and O–H groups in total. The monoisotopic (exact) mass is 387 g/mol. The Morgan fingerprint density at radius 2 is 2.14 bits per heavy atom. The summed E-state index contributed by atoms with van der Waals surface area (Å²) < 4.78 is 10.7. The van der Waals surface area contributed by atoms with Crippen molar-refractivity contribution in [3.05, 3.63) is 29.6 Å². The standard InChI is InChI=1S/C19H25N5O4/c1-10(2)17(26)24-7-13-5-14(22-16(25)15-11(3)20-9-27-15)6-19(13,8-24)18-21-12(4)23-28-18/h9-10,13-14H,5-8H2,1-4H3,(H,22,25)/t13?,14-,19+/m1/s1. The normalized spacial score (nSPS) is 26.7. The third-order valence-electron chi connectivity index (χ3n) is 5.92. The van der Waals surface area contributed by atoms with Gasteiger partial charge in [0.1, 0.15) is 0 Å². The van der Waals surface area contributed by atoms with Gasteiger partial charge in [0.25, 0.3) is 5.91 Å². The number of carbonyl (C=O) groups excluding carboxylic acids is 2. The summed E-state index contributed by atoms with van der Waals surface area (Å²) in [6.07, 6.45) is 2.65. The van der Waals surface area contributed by atoms with Crippen LogP contribution in [0.25, 0.3) is 0 Å². The lowest BCUT2D eigenvalue weighted by atomic mass is 9.80. The minimum atomic E-state index is -0.430. The van der Waals surface area contributed by atoms with E-state index in [4.69, 9.17) is 8.94 Å². The first-order chi connectivity index (χ1) is 13.3. The van der Waals surface area contributed by atoms with E-state index in [1.165, 1.54) is 6.39 Å². The molecule has 1 aliphatic carbocycles. The first-order valence-electron chi connectivity index (χ1n) is 9.60. The van der Waals surface area contributed by atoms with Crippen LogP contribution in [0.1, 0.15) is 54.7 Å². The van der Waals surface area contributed by atoms with Gasteiger partial charge in [-0.2, -0.15) is 4.98 Å². The third kappa shape index (κ3) is 2.98. The summed E-state index contributed by atoms with van der Waals surface area (Å²) in [5.74, 6) is 1.30. The lowest BCUT2D eigenvalue weighted by Crippen LogP contribution is -2.40. The summed E-state index contributed by atoms with van der Waals surface area (Å²) in [7, 11) is 0. The second-order valence-corrected chi connectivity index (χ2v) is 8.25. The Hall–Kier alpha value is -2.71. The zero-order valence-corrected chi connectivity index (χ0v) is 16.6. The van der Waals surface area contributed by atoms with Crippen LogP contribution in [-0.2, 0) is 10.2 Å². The van der Waals surface area contributed by atoms with E-state index >= 15 is 0 Å². The number of amides is 2. The summed E-state index contributed by atoms with van der Waals surface area (Å²) >= 11 is 0. The van der Waals surface area contributed by atoms with Crippen LogP contribution < -0.4 is 5.32 Å². The number of carbonyl (C=O) groups is 2. The number of fused-ring (bicyclic) bond motifs is 1. The van der Waals surface area contributed by atoms with Crippen molar-refractivity contribution >= 4 is 11.8 Å². The zero-order valence-electron chi connectivity index (χ0n) is 16.6. The van der Waals surface area contributed by atoms with Gasteiger partial charge in [-0.3, -0.25) is 9.59 Å². The molecule has 0 spiro atoms. The van der Waals surface area contributed by atoms with Crippen molar-refractivity contribution in [1.29, 1.82) is 0 Å². The molecule has 28 heavy (non-hydrogen) atoms. The average Bonchev–Trinajstić information content (AvgIpc) is 3.37. The van der Waals surface area contributed by atoms with Gasteiger partial charge in [-0.15, -0.1) is 0 Å². The van der Waals surface area contributed by atoms with Crippen molar-refractivity contribution in [3.8, 4) is 0 Å². The molecule has 150 valence electrons. The van der Waals surface area contributed by atoms with Crippen LogP contribution in [0.15, 0.2) is 15.3 Å². The van der Waals surface area contributed by atoms with Crippen molar-refractivity contribution < 1.29 is 18.5 Å². The van der Waals surface area contributed by atoms with Crippen LogP contribution in [0.4, 0.5) is 0 Å². The molecule has 0 radical (unpaired) electrons. The van der Waals surface area contributed by atoms with Crippen LogP contribution in [0, 0.1) is 25.7 Å². The van der Waals surface area contributed by atoms with E-state index in [-0.39, 0.29) is 35.5 Å². The molecule has 2 fully saturated rings. The van der Waals surface area contributed by atoms with Crippen molar-refractivity contribution in [2.24, 2.45) is 11.8 Å². The highest BCUT2D eigenvalue weighted by Gasteiger charge is 2.58. The molecular formula is C19H25N5O4. The lowest BCUT2D eigenvalue weighted by molar-refractivity contribution is -0.133. The minimum absolute atomic E-state index is 0.0643. The molecule has 2 aromatic rings. The fraction of sp³-hybridized carbons (Fsp3) is 0.632. The Bertz CT molecular complexity index is 904. The maximum Gasteiger partial charge on any atom is 0.289 e. The predicted molar refractivity (Wildman–Crippen MR) is 97.3 cm³/mol. The summed E-state index contributed by atoms with van der Waals surface area (Å²) in [4.78, 5) is 35.5. The molecule has 3 atom stereocenters. The minimum Gasteiger partial charge on any atom is -0.438 e. The number of likely N-dealkylation sites (tertiary alicyclic amines) is 1. The summed E-state index contributed by atoms with van der Waals surface area (Å²) in [5.41, 5.74) is 0.131. The Morgan fingerprint density at radius 3 is 2.75 bits per heavy atom. The molecule has 4 rings (SSSR count). The maximum absolute atomic E-state index is 12.6. The van der Waals surface area contributed by atoms with Crippen LogP contribution in [0.3, 0.4) is 0 Å². The Balaban J connectivity index is 1.57. The Labute approximate surface area is 162 Å². The van der Waals surface area contributed by atoms with Crippen molar-refractivity contribution in [2.75, 3.05) is 13.1 Å². The number of nitrogens with zero attached hydrogens (tertiary/aromatic N) is 4. The van der Waals surface area contributed by atoms with Crippen LogP contribution >= 0.6 is 0 Å². The van der Waals surface area contributed by atoms with Crippen LogP contribution in [0.2, 0.25) is 0 Å². The van der Waals surface area contributed by atoms with E-state index in [1.54, 1.807) is 13.8 Å². The highest BCUT2D eigenvalue weighted by Crippen LogP contribution is 2.50. The molecule has 0 bridgehead atoms. The molecule has 1 unspecified atom stereocenters. The number of oxazole rings is 1. The van der Waals surface area contributed by atoms with Gasteiger partial charge in [0.2, 0.25) is 17.6 Å². The van der Waals surface area contributed by atoms with Gasteiger partial charge in [-0.25, -0.2) is 4.98 Å². The van der Waals surface area contributed by atoms with Gasteiger partial charge < -0.3 is 19.2 Å². The van der Waals surface area contributed by atoms with Crippen LogP contribution in [-0.4, -0.2) is 51.0 Å². The number of rotatable bonds is 4. The molecule has 1 saturated carbocycles. The fourth-order valence-corrected chi connectivity index (χ4v) is 4.62. The first-order valence-corrected chi connectivity index (χ1v) is 9.60. The van der Waals surface area contributed by atoms with Gasteiger partial charge in [-0.1, -0.05) is 19.0 Å². The molecule has 9 nitrogen and oxygen atoms in total. The van der Waals surface area contributed by atoms with Gasteiger partial charge in [0, 0.05) is 25.0 Å². The third-order valence-corrected chi connectivity index (χ3v) is 5.92. The second kappa shape index (κ2) is 6.72. The van der Waals surface area contributed by atoms with Crippen molar-refractivity contribution in [2.45, 2.75) is 52.0 Å². The molecule has 1 aliphatic heterocycles. The molecule has 2 aliphatic rings. The zero-order chi connectivity index (χ0) is 20.1. The highest BCUT2D eigenvalue weighted by atomic mass is 16.5. The molecule has 3 heterocycles. The van der Waals surface area contributed by atoms with E-state index < -0.39 is 5.41 Å². The van der Waals surface area contributed by atoms with Gasteiger partial charge in [-0.05, 0) is 32.6 Å². The van der Waals surface area contributed by atoms with E-state index in [2.05, 4.69) is 20.4 Å². The van der Waals surface area contributed by atoms with Crippen molar-refractivity contribution in [1.82, 2.24) is 25.3 Å². The average molecular weight is 387 g/mol. The number of nitrogens with one attached hydrogen (secondary N) is 1. The Morgan fingerprint density at radius 1 is 1.36 bits per heavy atom. The lowest BCUT2D eigenvalue weighted by Gasteiger charge is -2.26. The number of aromatic nitrogens is 3. The quantitative estimate of drug-likeness (QED) is 0.848. The molecular weight excluding hydrogens is 362 g/mol. The largest absolute Gasteiger partial charge is 0.438 e. The van der Waals surface area contributed by atoms with Gasteiger partial charge in [0.05, 0.1) is 11.1 Å². The van der Waals surface area contributed by atoms with E-state index in [0.29, 0.717) is 36.9 Å². The maximum atomic E-state index is 12.6. The molecule has 2 aromatic heterocycles. The summed E-state index contributed by atoms with van der Waals surface area (Å²) in [6, 6.07) is -0.0643. The molecule has 1 saturated heterocycles. The first kappa shape index (κ1) is 18.6. The highest BCUT2D eigenvalue weighted by molar-refractivity contribution is 5.92. The summed E-state index contributed by atoms with van der Waals surface area (Å²) in [5, 5.41) is 7.01. The van der Waals surface area contributed by atoms with E-state index in [0.717, 1.165) is 6.42 Å². The van der Waals surface area contributed by atoms with Gasteiger partial charge in [0.15, 0.2) is 12.2 Å². The predicted octanol–water partition coefficient (Wildman–Crippen LogP) is 1.62. The Kier molecular flexibility index (Phi) is 4.47. The SMILES string of the molecule is Cc1noc([C@]23C[C@H](NC(=O)c4ocnc4C)CC2CN(C(=O)C(C)C)C3)n1. The smallest absolute Gasteiger partial charge is 0.289 e. The number of aryl methyl sites for hydroxylation is 2. The van der Waals surface area contributed by atoms with E-state index in [9.17, 15) is 9.59 Å². The molecule has 9 heteroatoms. The van der Waals surface area contributed by atoms with Crippen molar-refractivity contribution in [3.63, 3.8) is 0 Å².